The Kier molecular flexibility index (Phi) is 1.12. The molecule has 1 rings (SSSR count). The Morgan fingerprint density at radius 2 is 2.22 bits per heavy atom. The van der Waals surface area contributed by atoms with Gasteiger partial charge < -0.3 is 15.4 Å². The predicted molar refractivity (Wildman–Crippen MR) is 36.2 cm³/mol. The van der Waals surface area contributed by atoms with E-state index in [-0.39, 0.29) is 5.75 Å². The Labute approximate surface area is 53.7 Å². The zero-order valence-electron chi connectivity index (χ0n) is 5.55. The van der Waals surface area contributed by atoms with Crippen LogP contribution in [0.1, 0.15) is 5.69 Å². The van der Waals surface area contributed by atoms with Crippen LogP contribution in [0.2, 0.25) is 0 Å². The van der Waals surface area contributed by atoms with Crippen LogP contribution in [0, 0.1) is 6.92 Å². The maximum absolute atomic E-state index is 9.02. The quantitative estimate of drug-likeness (QED) is 0.535. The fourth-order valence-electron chi connectivity index (χ4n) is 0.707. The second-order valence-corrected chi connectivity index (χ2v) is 2.10. The minimum Gasteiger partial charge on any atom is -0.506 e. The van der Waals surface area contributed by atoms with Gasteiger partial charge in [0.15, 0.2) is 0 Å². The lowest BCUT2D eigenvalue weighted by molar-refractivity contribution is 0.469. The summed E-state index contributed by atoms with van der Waals surface area (Å²) >= 11 is 0. The number of nitrogens with two attached hydrogens (primary N) is 1. The standard InChI is InChI=1S/C6H10N2O/c1-4-5(9)3-6(7)8(4)2/h3,9H,7H2,1-2H3. The first-order valence-electron chi connectivity index (χ1n) is 2.73. The number of nitrogen functional groups attached to an aromatic ring is 1. The van der Waals surface area contributed by atoms with Crippen molar-refractivity contribution in [2.45, 2.75) is 6.92 Å². The maximum Gasteiger partial charge on any atom is 0.138 e. The Hall–Kier alpha value is -1.12. The summed E-state index contributed by atoms with van der Waals surface area (Å²) < 4.78 is 1.73. The van der Waals surface area contributed by atoms with Crippen molar-refractivity contribution in [1.29, 1.82) is 0 Å². The minimum absolute atomic E-state index is 0.259. The number of aromatic hydroxyl groups is 1. The molecule has 1 heterocycles. The van der Waals surface area contributed by atoms with E-state index in [0.29, 0.717) is 5.82 Å². The second-order valence-electron chi connectivity index (χ2n) is 2.10. The fourth-order valence-corrected chi connectivity index (χ4v) is 0.707. The molecule has 0 amide bonds. The monoisotopic (exact) mass is 126 g/mol. The molecular weight excluding hydrogens is 116 g/mol. The van der Waals surface area contributed by atoms with Crippen LogP contribution in [0.5, 0.6) is 5.75 Å². The van der Waals surface area contributed by atoms with Crippen molar-refractivity contribution in [1.82, 2.24) is 4.57 Å². The molecule has 0 bridgehead atoms. The number of hydrogen-bond acceptors (Lipinski definition) is 2. The van der Waals surface area contributed by atoms with Crippen molar-refractivity contribution in [2.75, 3.05) is 5.73 Å². The Morgan fingerprint density at radius 3 is 2.33 bits per heavy atom. The number of hydrogen-bond donors (Lipinski definition) is 2. The highest BCUT2D eigenvalue weighted by Crippen LogP contribution is 2.20. The molecule has 3 N–H and O–H groups in total. The largest absolute Gasteiger partial charge is 0.506 e. The van der Waals surface area contributed by atoms with Crippen LogP contribution in [0.15, 0.2) is 6.07 Å². The molecule has 0 atom stereocenters. The molecule has 0 aliphatic carbocycles. The SMILES string of the molecule is Cc1c(O)cc(N)n1C. The molecular formula is C6H10N2O. The summed E-state index contributed by atoms with van der Waals surface area (Å²) in [5.74, 6) is 0.847. The van der Waals surface area contributed by atoms with Gasteiger partial charge >= 0.3 is 0 Å². The summed E-state index contributed by atoms with van der Waals surface area (Å²) in [4.78, 5) is 0. The zero-order chi connectivity index (χ0) is 7.02. The predicted octanol–water partition coefficient (Wildman–Crippen LogP) is 0.621. The highest BCUT2D eigenvalue weighted by Gasteiger charge is 2.02. The second kappa shape index (κ2) is 1.69. The summed E-state index contributed by atoms with van der Waals surface area (Å²) in [6.45, 7) is 1.81. The van der Waals surface area contributed by atoms with Crippen LogP contribution in [0.4, 0.5) is 5.82 Å². The van der Waals surface area contributed by atoms with Crippen LogP contribution in [0.25, 0.3) is 0 Å². The van der Waals surface area contributed by atoms with E-state index in [0.717, 1.165) is 5.69 Å². The molecule has 3 nitrogen and oxygen atoms in total. The van der Waals surface area contributed by atoms with Gasteiger partial charge in [0.2, 0.25) is 0 Å². The minimum atomic E-state index is 0.259. The van der Waals surface area contributed by atoms with E-state index in [2.05, 4.69) is 0 Å². The Bertz CT molecular complexity index is 205. The molecule has 0 spiro atoms. The Morgan fingerprint density at radius 1 is 1.67 bits per heavy atom. The van der Waals surface area contributed by atoms with Crippen LogP contribution < -0.4 is 5.73 Å². The number of rotatable bonds is 0. The molecule has 0 saturated heterocycles. The first-order valence-corrected chi connectivity index (χ1v) is 2.73. The highest BCUT2D eigenvalue weighted by molar-refractivity contribution is 5.43. The fraction of sp³-hybridized carbons (Fsp3) is 0.333. The molecule has 1 aromatic heterocycles. The van der Waals surface area contributed by atoms with Gasteiger partial charge in [0.1, 0.15) is 11.6 Å². The lowest BCUT2D eigenvalue weighted by atomic mass is 10.4. The normalized spacial score (nSPS) is 10.0. The molecule has 9 heavy (non-hydrogen) atoms. The summed E-state index contributed by atoms with van der Waals surface area (Å²) in [7, 11) is 1.81. The number of anilines is 1. The molecule has 0 aliphatic rings. The third-order valence-corrected chi connectivity index (χ3v) is 1.55. The summed E-state index contributed by atoms with van der Waals surface area (Å²) in [5, 5.41) is 9.02. The van der Waals surface area contributed by atoms with Gasteiger partial charge in [0, 0.05) is 13.1 Å². The molecule has 3 heteroatoms. The highest BCUT2D eigenvalue weighted by atomic mass is 16.3. The summed E-state index contributed by atoms with van der Waals surface area (Å²) in [6.07, 6.45) is 0. The van der Waals surface area contributed by atoms with E-state index in [1.54, 1.807) is 4.57 Å². The lowest BCUT2D eigenvalue weighted by Gasteiger charge is -1.96. The van der Waals surface area contributed by atoms with E-state index in [1.165, 1.54) is 6.07 Å². The lowest BCUT2D eigenvalue weighted by Crippen LogP contribution is -1.96. The van der Waals surface area contributed by atoms with Gasteiger partial charge in [-0.1, -0.05) is 0 Å². The molecule has 0 radical (unpaired) electrons. The van der Waals surface area contributed by atoms with Crippen molar-refractivity contribution in [3.8, 4) is 5.75 Å². The zero-order valence-corrected chi connectivity index (χ0v) is 5.55. The molecule has 0 aliphatic heterocycles. The molecule has 0 aromatic carbocycles. The summed E-state index contributed by atoms with van der Waals surface area (Å²) in [5.41, 5.74) is 6.24. The van der Waals surface area contributed by atoms with E-state index in [1.807, 2.05) is 14.0 Å². The third-order valence-electron chi connectivity index (χ3n) is 1.55. The van der Waals surface area contributed by atoms with Gasteiger partial charge in [0.05, 0.1) is 5.69 Å². The van der Waals surface area contributed by atoms with Crippen molar-refractivity contribution >= 4 is 5.82 Å². The Balaban J connectivity index is 3.29. The number of nitrogens with zero attached hydrogens (tertiary/aromatic N) is 1. The van der Waals surface area contributed by atoms with E-state index in [9.17, 15) is 0 Å². The molecule has 1 aromatic rings. The maximum atomic E-state index is 9.02. The smallest absolute Gasteiger partial charge is 0.138 e. The van der Waals surface area contributed by atoms with E-state index >= 15 is 0 Å². The molecule has 50 valence electrons. The van der Waals surface area contributed by atoms with Crippen LogP contribution in [-0.2, 0) is 7.05 Å². The van der Waals surface area contributed by atoms with Gasteiger partial charge in [-0.05, 0) is 6.92 Å². The molecule has 0 saturated carbocycles. The van der Waals surface area contributed by atoms with Crippen molar-refractivity contribution in [2.24, 2.45) is 7.05 Å². The van der Waals surface area contributed by atoms with Crippen molar-refractivity contribution < 1.29 is 5.11 Å². The van der Waals surface area contributed by atoms with Crippen molar-refractivity contribution in [3.05, 3.63) is 11.8 Å². The van der Waals surface area contributed by atoms with Gasteiger partial charge in [0.25, 0.3) is 0 Å². The van der Waals surface area contributed by atoms with E-state index < -0.39 is 0 Å². The summed E-state index contributed by atoms with van der Waals surface area (Å²) in [6, 6.07) is 1.54. The molecule has 0 fully saturated rings. The van der Waals surface area contributed by atoms with Crippen molar-refractivity contribution in [3.63, 3.8) is 0 Å². The first-order chi connectivity index (χ1) is 4.13. The average molecular weight is 126 g/mol. The van der Waals surface area contributed by atoms with Gasteiger partial charge in [-0.2, -0.15) is 0 Å². The van der Waals surface area contributed by atoms with Gasteiger partial charge in [-0.25, -0.2) is 0 Å². The average Bonchev–Trinajstić information content (AvgIpc) is 1.98. The van der Waals surface area contributed by atoms with Crippen LogP contribution in [0.3, 0.4) is 0 Å². The topological polar surface area (TPSA) is 51.2 Å². The van der Waals surface area contributed by atoms with Gasteiger partial charge in [-0.3, -0.25) is 0 Å². The first kappa shape index (κ1) is 6.01. The molecule has 0 unspecified atom stereocenters. The van der Waals surface area contributed by atoms with Crippen LogP contribution in [-0.4, -0.2) is 9.67 Å². The number of aromatic nitrogens is 1. The van der Waals surface area contributed by atoms with E-state index in [4.69, 9.17) is 10.8 Å². The van der Waals surface area contributed by atoms with Crippen LogP contribution >= 0.6 is 0 Å². The third kappa shape index (κ3) is 0.740. The van der Waals surface area contributed by atoms with Gasteiger partial charge in [-0.15, -0.1) is 0 Å².